The number of amidine groups is 1. The summed E-state index contributed by atoms with van der Waals surface area (Å²) in [7, 11) is 0. The second-order valence-electron chi connectivity index (χ2n) is 5.12. The summed E-state index contributed by atoms with van der Waals surface area (Å²) < 4.78 is 0. The molecule has 1 aliphatic rings. The molecule has 0 spiro atoms. The fraction of sp³-hybridized carbons (Fsp3) is 0.176. The Kier molecular flexibility index (Phi) is 5.20. The van der Waals surface area contributed by atoms with Gasteiger partial charge in [0, 0.05) is 23.0 Å². The van der Waals surface area contributed by atoms with Gasteiger partial charge in [0.1, 0.15) is 0 Å². The Labute approximate surface area is 150 Å². The summed E-state index contributed by atoms with van der Waals surface area (Å²) in [6, 6.07) is 15.6. The Balaban J connectivity index is 1.78. The molecule has 3 nitrogen and oxygen atoms in total. The van der Waals surface area contributed by atoms with Crippen molar-refractivity contribution in [2.75, 3.05) is 17.6 Å². The van der Waals surface area contributed by atoms with Crippen molar-refractivity contribution in [2.45, 2.75) is 6.92 Å². The molecule has 2 aromatic carbocycles. The van der Waals surface area contributed by atoms with Gasteiger partial charge in [-0.3, -0.25) is 4.90 Å². The number of nitrogens with zero attached hydrogens (tertiary/aromatic N) is 2. The molecule has 0 radical (unpaired) electrons. The molecule has 0 bridgehead atoms. The summed E-state index contributed by atoms with van der Waals surface area (Å²) in [4.78, 5) is 6.81. The van der Waals surface area contributed by atoms with Crippen LogP contribution in [-0.4, -0.2) is 27.5 Å². The van der Waals surface area contributed by atoms with Crippen LogP contribution in [0.1, 0.15) is 5.56 Å². The zero-order valence-electron chi connectivity index (χ0n) is 12.6. The van der Waals surface area contributed by atoms with Crippen molar-refractivity contribution < 1.29 is 0 Å². The topological polar surface area (TPSA) is 27.6 Å². The van der Waals surface area contributed by atoms with Gasteiger partial charge in [0.05, 0.1) is 5.69 Å². The number of benzene rings is 2. The first kappa shape index (κ1) is 16.3. The van der Waals surface area contributed by atoms with Crippen molar-refractivity contribution in [1.29, 1.82) is 0 Å². The van der Waals surface area contributed by atoms with Crippen molar-refractivity contribution in [1.82, 2.24) is 4.90 Å². The molecule has 1 fully saturated rings. The summed E-state index contributed by atoms with van der Waals surface area (Å²) in [6.07, 6.45) is 0. The fourth-order valence-corrected chi connectivity index (χ4v) is 3.73. The minimum atomic E-state index is 0.643. The number of para-hydroxylation sites is 1. The first-order valence-electron chi connectivity index (χ1n) is 7.25. The molecule has 1 heterocycles. The average molecular weight is 362 g/mol. The standard InChI is InChI=1S/C17H16ClN3S2/c1-12-5-2-3-8-15(12)20-17-21(9-10-23-17)16(22)19-14-7-4-6-13(18)11-14/h2-8,11H,9-10H2,1H3,(H,19,22)/b20-17+. The van der Waals surface area contributed by atoms with E-state index in [4.69, 9.17) is 28.8 Å². The highest BCUT2D eigenvalue weighted by molar-refractivity contribution is 8.14. The van der Waals surface area contributed by atoms with E-state index in [1.165, 1.54) is 0 Å². The molecule has 6 heteroatoms. The zero-order chi connectivity index (χ0) is 16.2. The molecule has 0 amide bonds. The van der Waals surface area contributed by atoms with Crippen LogP contribution in [0.4, 0.5) is 11.4 Å². The molecule has 1 aliphatic heterocycles. The molecule has 2 aromatic rings. The Hall–Kier alpha value is -1.56. The third-order valence-corrected chi connectivity index (χ3v) is 4.94. The van der Waals surface area contributed by atoms with E-state index in [1.54, 1.807) is 11.8 Å². The third-order valence-electron chi connectivity index (χ3n) is 3.43. The number of rotatable bonds is 2. The first-order chi connectivity index (χ1) is 11.1. The summed E-state index contributed by atoms with van der Waals surface area (Å²) in [5, 5.41) is 5.49. The Morgan fingerprint density at radius 3 is 2.87 bits per heavy atom. The molecule has 1 saturated heterocycles. The van der Waals surface area contributed by atoms with Gasteiger partial charge in [-0.1, -0.05) is 47.6 Å². The van der Waals surface area contributed by atoms with E-state index in [2.05, 4.69) is 18.3 Å². The number of hydrogen-bond acceptors (Lipinski definition) is 3. The number of hydrogen-bond donors (Lipinski definition) is 1. The Morgan fingerprint density at radius 2 is 2.09 bits per heavy atom. The van der Waals surface area contributed by atoms with Crippen LogP contribution in [-0.2, 0) is 0 Å². The van der Waals surface area contributed by atoms with Gasteiger partial charge in [0.2, 0.25) is 0 Å². The van der Waals surface area contributed by atoms with Crippen LogP contribution in [0.3, 0.4) is 0 Å². The van der Waals surface area contributed by atoms with Crippen molar-refractivity contribution in [3.63, 3.8) is 0 Å². The SMILES string of the molecule is Cc1ccccc1/N=C1/SCCN1C(=S)Nc1cccc(Cl)c1. The molecule has 0 aliphatic carbocycles. The van der Waals surface area contributed by atoms with Gasteiger partial charge in [-0.05, 0) is 49.0 Å². The molecule has 118 valence electrons. The lowest BCUT2D eigenvalue weighted by atomic mass is 10.2. The van der Waals surface area contributed by atoms with Crippen LogP contribution in [0.15, 0.2) is 53.5 Å². The lowest BCUT2D eigenvalue weighted by molar-refractivity contribution is 0.687. The Morgan fingerprint density at radius 1 is 1.26 bits per heavy atom. The van der Waals surface area contributed by atoms with E-state index in [-0.39, 0.29) is 0 Å². The van der Waals surface area contributed by atoms with Crippen LogP contribution in [0.5, 0.6) is 0 Å². The number of aryl methyl sites for hydroxylation is 1. The largest absolute Gasteiger partial charge is 0.332 e. The van der Waals surface area contributed by atoms with Crippen molar-refractivity contribution >= 4 is 57.2 Å². The minimum absolute atomic E-state index is 0.643. The molecule has 0 atom stereocenters. The highest BCUT2D eigenvalue weighted by atomic mass is 35.5. The molecule has 3 rings (SSSR count). The van der Waals surface area contributed by atoms with Crippen LogP contribution >= 0.6 is 35.6 Å². The smallest absolute Gasteiger partial charge is 0.179 e. The lowest BCUT2D eigenvalue weighted by Gasteiger charge is -2.20. The molecule has 1 N–H and O–H groups in total. The predicted octanol–water partition coefficient (Wildman–Crippen LogP) is 5.08. The van der Waals surface area contributed by atoms with Gasteiger partial charge in [-0.25, -0.2) is 4.99 Å². The van der Waals surface area contributed by atoms with E-state index in [1.807, 2.05) is 47.4 Å². The van der Waals surface area contributed by atoms with Crippen molar-refractivity contribution in [2.24, 2.45) is 4.99 Å². The van der Waals surface area contributed by atoms with E-state index in [0.29, 0.717) is 10.1 Å². The quantitative estimate of drug-likeness (QED) is 0.754. The van der Waals surface area contributed by atoms with Crippen LogP contribution in [0, 0.1) is 6.92 Å². The lowest BCUT2D eigenvalue weighted by Crippen LogP contribution is -2.35. The fourth-order valence-electron chi connectivity index (χ4n) is 2.23. The van der Waals surface area contributed by atoms with E-state index in [0.717, 1.165) is 34.4 Å². The average Bonchev–Trinajstić information content (AvgIpc) is 2.98. The van der Waals surface area contributed by atoms with Gasteiger partial charge in [0.15, 0.2) is 10.3 Å². The van der Waals surface area contributed by atoms with Crippen LogP contribution in [0.2, 0.25) is 5.02 Å². The normalized spacial score (nSPS) is 15.9. The maximum Gasteiger partial charge on any atom is 0.179 e. The second kappa shape index (κ2) is 7.34. The monoisotopic (exact) mass is 361 g/mol. The van der Waals surface area contributed by atoms with Crippen LogP contribution in [0.25, 0.3) is 0 Å². The predicted molar refractivity (Wildman–Crippen MR) is 105 cm³/mol. The van der Waals surface area contributed by atoms with E-state index >= 15 is 0 Å². The third kappa shape index (κ3) is 4.05. The van der Waals surface area contributed by atoms with Crippen molar-refractivity contribution in [3.8, 4) is 0 Å². The van der Waals surface area contributed by atoms with Gasteiger partial charge in [0.25, 0.3) is 0 Å². The van der Waals surface area contributed by atoms with Gasteiger partial charge >= 0.3 is 0 Å². The van der Waals surface area contributed by atoms with Gasteiger partial charge in [-0.2, -0.15) is 0 Å². The summed E-state index contributed by atoms with van der Waals surface area (Å²) in [6.45, 7) is 2.91. The number of aliphatic imine (C=N–C) groups is 1. The number of halogens is 1. The summed E-state index contributed by atoms with van der Waals surface area (Å²) in [5.41, 5.74) is 3.02. The maximum absolute atomic E-state index is 6.02. The minimum Gasteiger partial charge on any atom is -0.332 e. The highest BCUT2D eigenvalue weighted by Crippen LogP contribution is 2.26. The maximum atomic E-state index is 6.02. The molecular formula is C17H16ClN3S2. The molecular weight excluding hydrogens is 346 g/mol. The molecule has 0 unspecified atom stereocenters. The summed E-state index contributed by atoms with van der Waals surface area (Å²) >= 11 is 13.3. The van der Waals surface area contributed by atoms with Crippen LogP contribution < -0.4 is 5.32 Å². The summed E-state index contributed by atoms with van der Waals surface area (Å²) in [5.74, 6) is 0.974. The zero-order valence-corrected chi connectivity index (χ0v) is 15.0. The molecule has 0 saturated carbocycles. The molecule has 23 heavy (non-hydrogen) atoms. The van der Waals surface area contributed by atoms with Gasteiger partial charge < -0.3 is 5.32 Å². The van der Waals surface area contributed by atoms with E-state index < -0.39 is 0 Å². The molecule has 0 aromatic heterocycles. The number of thioether (sulfide) groups is 1. The van der Waals surface area contributed by atoms with E-state index in [9.17, 15) is 0 Å². The van der Waals surface area contributed by atoms with Crippen molar-refractivity contribution in [3.05, 3.63) is 59.1 Å². The second-order valence-corrected chi connectivity index (χ2v) is 7.01. The number of anilines is 1. The number of thiocarbonyl (C=S) groups is 1. The highest BCUT2D eigenvalue weighted by Gasteiger charge is 2.23. The van der Waals surface area contributed by atoms with Gasteiger partial charge in [-0.15, -0.1) is 0 Å². The number of nitrogens with one attached hydrogen (secondary N) is 1. The Bertz CT molecular complexity index is 761. The first-order valence-corrected chi connectivity index (χ1v) is 9.02.